The Hall–Kier alpha value is -1.16. The SMILES string of the molecule is COC(=O)CC[C@]1(O)[C@H]2C[C@H]2[C@H]2[C@@H]3CCC4=CC(=O)CC[C@]4(C)[C@H]3CC[C@@]21C. The Bertz CT molecular complexity index is 756. The summed E-state index contributed by atoms with van der Waals surface area (Å²) in [4.78, 5) is 23.8. The zero-order valence-corrected chi connectivity index (χ0v) is 17.5. The number of rotatable bonds is 3. The first-order valence-corrected chi connectivity index (χ1v) is 11.3. The van der Waals surface area contributed by atoms with Gasteiger partial charge in [0.2, 0.25) is 0 Å². The van der Waals surface area contributed by atoms with Crippen LogP contribution in [0.3, 0.4) is 0 Å². The van der Waals surface area contributed by atoms with E-state index in [9.17, 15) is 14.7 Å². The number of allylic oxidation sites excluding steroid dienone is 1. The van der Waals surface area contributed by atoms with E-state index >= 15 is 0 Å². The van der Waals surface area contributed by atoms with Gasteiger partial charge in [0.15, 0.2) is 5.78 Å². The number of carbonyl (C=O) groups is 2. The van der Waals surface area contributed by atoms with Gasteiger partial charge in [0.05, 0.1) is 12.7 Å². The average Bonchev–Trinajstić information content (AvgIpc) is 3.43. The van der Waals surface area contributed by atoms with E-state index in [2.05, 4.69) is 13.8 Å². The van der Waals surface area contributed by atoms with Gasteiger partial charge in [-0.25, -0.2) is 0 Å². The second kappa shape index (κ2) is 5.93. The largest absolute Gasteiger partial charge is 0.469 e. The highest BCUT2D eigenvalue weighted by atomic mass is 16.5. The number of aliphatic hydroxyl groups is 1. The van der Waals surface area contributed by atoms with Crippen LogP contribution in [-0.4, -0.2) is 29.6 Å². The predicted octanol–water partition coefficient (Wildman–Crippen LogP) is 4.06. The highest BCUT2D eigenvalue weighted by Crippen LogP contribution is 2.77. The van der Waals surface area contributed by atoms with Crippen LogP contribution in [-0.2, 0) is 14.3 Å². The van der Waals surface area contributed by atoms with Crippen molar-refractivity contribution in [1.29, 1.82) is 0 Å². The number of esters is 1. The van der Waals surface area contributed by atoms with E-state index < -0.39 is 5.60 Å². The Morgan fingerprint density at radius 3 is 2.71 bits per heavy atom. The number of fused-ring (bicyclic) bond motifs is 7. The summed E-state index contributed by atoms with van der Waals surface area (Å²) < 4.78 is 4.86. The Balaban J connectivity index is 1.45. The van der Waals surface area contributed by atoms with E-state index in [4.69, 9.17) is 4.74 Å². The van der Waals surface area contributed by atoms with Gasteiger partial charge in [0.1, 0.15) is 0 Å². The van der Waals surface area contributed by atoms with Crippen molar-refractivity contribution in [1.82, 2.24) is 0 Å². The normalized spacial score (nSPS) is 51.4. The Labute approximate surface area is 168 Å². The van der Waals surface area contributed by atoms with Gasteiger partial charge in [0.25, 0.3) is 0 Å². The fourth-order valence-electron chi connectivity index (χ4n) is 8.55. The third-order valence-corrected chi connectivity index (χ3v) is 10.1. The van der Waals surface area contributed by atoms with Crippen LogP contribution in [0.5, 0.6) is 0 Å². The lowest BCUT2D eigenvalue weighted by atomic mass is 9.45. The van der Waals surface area contributed by atoms with E-state index in [0.717, 1.165) is 38.5 Å². The monoisotopic (exact) mass is 386 g/mol. The summed E-state index contributed by atoms with van der Waals surface area (Å²) in [6, 6.07) is 0. The molecule has 4 fully saturated rings. The minimum Gasteiger partial charge on any atom is -0.469 e. The Kier molecular flexibility index (Phi) is 3.99. The van der Waals surface area contributed by atoms with E-state index in [-0.39, 0.29) is 16.8 Å². The lowest BCUT2D eigenvalue weighted by Crippen LogP contribution is -2.57. The topological polar surface area (TPSA) is 63.6 Å². The van der Waals surface area contributed by atoms with Crippen LogP contribution in [0.4, 0.5) is 0 Å². The maximum absolute atomic E-state index is 12.0. The van der Waals surface area contributed by atoms with Crippen LogP contribution in [0, 0.1) is 40.4 Å². The third-order valence-electron chi connectivity index (χ3n) is 10.1. The Morgan fingerprint density at radius 1 is 1.18 bits per heavy atom. The maximum Gasteiger partial charge on any atom is 0.305 e. The molecule has 8 atom stereocenters. The molecule has 154 valence electrons. The van der Waals surface area contributed by atoms with E-state index in [1.807, 2.05) is 6.08 Å². The molecule has 0 aromatic carbocycles. The van der Waals surface area contributed by atoms with Gasteiger partial charge in [-0.3, -0.25) is 9.59 Å². The zero-order chi connectivity index (χ0) is 19.9. The minimum atomic E-state index is -0.721. The third kappa shape index (κ3) is 2.27. The van der Waals surface area contributed by atoms with Crippen LogP contribution >= 0.6 is 0 Å². The van der Waals surface area contributed by atoms with Crippen molar-refractivity contribution in [3.8, 4) is 0 Å². The first-order valence-electron chi connectivity index (χ1n) is 11.3. The molecule has 0 bridgehead atoms. The molecule has 0 radical (unpaired) electrons. The number of ketones is 1. The lowest BCUT2D eigenvalue weighted by molar-refractivity contribution is -0.159. The van der Waals surface area contributed by atoms with Gasteiger partial charge in [-0.05, 0) is 91.4 Å². The molecular formula is C24H34O4. The van der Waals surface area contributed by atoms with Crippen LogP contribution in [0.15, 0.2) is 11.6 Å². The summed E-state index contributed by atoms with van der Waals surface area (Å²) in [6.45, 7) is 4.73. The van der Waals surface area contributed by atoms with Crippen LogP contribution in [0.2, 0.25) is 0 Å². The molecule has 0 unspecified atom stereocenters. The summed E-state index contributed by atoms with van der Waals surface area (Å²) >= 11 is 0. The van der Waals surface area contributed by atoms with E-state index in [0.29, 0.717) is 54.6 Å². The van der Waals surface area contributed by atoms with Gasteiger partial charge in [-0.15, -0.1) is 0 Å². The molecular weight excluding hydrogens is 352 g/mol. The molecule has 0 aliphatic heterocycles. The fourth-order valence-corrected chi connectivity index (χ4v) is 8.55. The second-order valence-corrected chi connectivity index (χ2v) is 10.9. The van der Waals surface area contributed by atoms with Crippen molar-refractivity contribution >= 4 is 11.8 Å². The molecule has 4 nitrogen and oxygen atoms in total. The van der Waals surface area contributed by atoms with Crippen molar-refractivity contribution in [3.05, 3.63) is 11.6 Å². The standard InChI is InChI=1S/C24H34O4/c1-22-9-6-15(25)12-14(22)4-5-16-18(22)7-10-23(2)21(16)17-13-19(17)24(23,27)11-8-20(26)28-3/h12,16-19,21,27H,4-11,13H2,1-3H3/t16-,17-,18+,19+,21-,22+,23+,24+/m1/s1. The van der Waals surface area contributed by atoms with Crippen molar-refractivity contribution in [2.45, 2.75) is 77.2 Å². The summed E-state index contributed by atoms with van der Waals surface area (Å²) in [5, 5.41) is 11.9. The van der Waals surface area contributed by atoms with E-state index in [1.165, 1.54) is 12.7 Å². The van der Waals surface area contributed by atoms with Crippen LogP contribution < -0.4 is 0 Å². The minimum absolute atomic E-state index is 0.0855. The lowest BCUT2D eigenvalue weighted by Gasteiger charge is -2.60. The number of hydrogen-bond acceptors (Lipinski definition) is 4. The molecule has 5 aliphatic carbocycles. The zero-order valence-electron chi connectivity index (χ0n) is 17.5. The predicted molar refractivity (Wildman–Crippen MR) is 105 cm³/mol. The molecule has 1 N–H and O–H groups in total. The first-order chi connectivity index (χ1) is 13.2. The summed E-state index contributed by atoms with van der Waals surface area (Å²) in [7, 11) is 1.43. The molecule has 0 aromatic heterocycles. The molecule has 5 aliphatic rings. The van der Waals surface area contributed by atoms with Crippen molar-refractivity contribution in [3.63, 3.8) is 0 Å². The average molecular weight is 387 g/mol. The van der Waals surface area contributed by atoms with Crippen LogP contribution in [0.1, 0.15) is 71.6 Å². The van der Waals surface area contributed by atoms with Gasteiger partial charge >= 0.3 is 5.97 Å². The molecule has 0 aromatic rings. The molecule has 4 heteroatoms. The van der Waals surface area contributed by atoms with Crippen LogP contribution in [0.25, 0.3) is 0 Å². The summed E-state index contributed by atoms with van der Waals surface area (Å²) in [5.74, 6) is 2.95. The summed E-state index contributed by atoms with van der Waals surface area (Å²) in [5.41, 5.74) is 0.772. The van der Waals surface area contributed by atoms with Gasteiger partial charge < -0.3 is 9.84 Å². The Morgan fingerprint density at radius 2 is 1.96 bits per heavy atom. The van der Waals surface area contributed by atoms with Crippen molar-refractivity contribution in [2.75, 3.05) is 7.11 Å². The van der Waals surface area contributed by atoms with Crippen molar-refractivity contribution < 1.29 is 19.4 Å². The molecule has 0 heterocycles. The number of ether oxygens (including phenoxy) is 1. The van der Waals surface area contributed by atoms with E-state index in [1.54, 1.807) is 0 Å². The van der Waals surface area contributed by atoms with Gasteiger partial charge in [-0.2, -0.15) is 0 Å². The number of carbonyl (C=O) groups excluding carboxylic acids is 2. The fraction of sp³-hybridized carbons (Fsp3) is 0.833. The smallest absolute Gasteiger partial charge is 0.305 e. The maximum atomic E-state index is 12.0. The first kappa shape index (κ1) is 18.8. The molecule has 5 rings (SSSR count). The summed E-state index contributed by atoms with van der Waals surface area (Å²) in [6.07, 6.45) is 10.0. The highest BCUT2D eigenvalue weighted by molar-refractivity contribution is 5.91. The van der Waals surface area contributed by atoms with Gasteiger partial charge in [0, 0.05) is 12.8 Å². The number of hydrogen-bond donors (Lipinski definition) is 1. The van der Waals surface area contributed by atoms with Crippen molar-refractivity contribution in [2.24, 2.45) is 40.4 Å². The second-order valence-electron chi connectivity index (χ2n) is 10.9. The molecule has 0 spiro atoms. The number of methoxy groups -OCH3 is 1. The van der Waals surface area contributed by atoms with Gasteiger partial charge in [-0.1, -0.05) is 19.4 Å². The molecule has 4 saturated carbocycles. The molecule has 28 heavy (non-hydrogen) atoms. The quantitative estimate of drug-likeness (QED) is 0.743. The molecule has 0 amide bonds. The highest BCUT2D eigenvalue weighted by Gasteiger charge is 2.75. The molecule has 0 saturated heterocycles.